The second-order valence-corrected chi connectivity index (χ2v) is 4.96. The molecule has 0 fully saturated rings. The summed E-state index contributed by atoms with van der Waals surface area (Å²) in [6.07, 6.45) is 0.890. The lowest BCUT2D eigenvalue weighted by Crippen LogP contribution is -2.47. The van der Waals surface area contributed by atoms with E-state index in [4.69, 9.17) is 5.73 Å². The molecule has 0 heterocycles. The minimum absolute atomic E-state index is 0.0145. The van der Waals surface area contributed by atoms with Crippen molar-refractivity contribution in [1.82, 2.24) is 4.90 Å². The quantitative estimate of drug-likeness (QED) is 0.871. The van der Waals surface area contributed by atoms with E-state index in [1.165, 1.54) is 5.56 Å². The van der Waals surface area contributed by atoms with Crippen molar-refractivity contribution in [3.63, 3.8) is 0 Å². The molecular formula is C15H24N2O. The third-order valence-electron chi connectivity index (χ3n) is 3.11. The van der Waals surface area contributed by atoms with Gasteiger partial charge in [0.1, 0.15) is 0 Å². The summed E-state index contributed by atoms with van der Waals surface area (Å²) in [6.45, 7) is 7.91. The van der Waals surface area contributed by atoms with Gasteiger partial charge < -0.3 is 10.6 Å². The largest absolute Gasteiger partial charge is 0.332 e. The van der Waals surface area contributed by atoms with Crippen LogP contribution < -0.4 is 5.73 Å². The van der Waals surface area contributed by atoms with Gasteiger partial charge in [0, 0.05) is 6.04 Å². The van der Waals surface area contributed by atoms with E-state index < -0.39 is 6.04 Å². The van der Waals surface area contributed by atoms with Gasteiger partial charge in [-0.15, -0.1) is 0 Å². The first-order valence-electron chi connectivity index (χ1n) is 6.61. The number of carbonyl (C=O) groups excluding carboxylic acids is 1. The highest BCUT2D eigenvalue weighted by molar-refractivity contribution is 5.82. The Kier molecular flexibility index (Phi) is 5.35. The van der Waals surface area contributed by atoms with E-state index >= 15 is 0 Å². The normalized spacial score (nSPS) is 14.3. The Bertz CT molecular complexity index is 373. The third kappa shape index (κ3) is 3.33. The van der Waals surface area contributed by atoms with Gasteiger partial charge in [-0.1, -0.05) is 37.3 Å². The summed E-state index contributed by atoms with van der Waals surface area (Å²) in [6, 6.07) is 9.93. The molecule has 0 aliphatic heterocycles. The molecule has 2 N–H and O–H groups in total. The smallest absolute Gasteiger partial charge is 0.239 e. The van der Waals surface area contributed by atoms with Crippen LogP contribution in [0, 0.1) is 0 Å². The molecule has 0 radical (unpaired) electrons. The van der Waals surface area contributed by atoms with Gasteiger partial charge in [0.2, 0.25) is 5.91 Å². The molecule has 0 spiro atoms. The van der Waals surface area contributed by atoms with E-state index in [-0.39, 0.29) is 18.0 Å². The van der Waals surface area contributed by atoms with Gasteiger partial charge in [0.05, 0.1) is 12.1 Å². The minimum Gasteiger partial charge on any atom is -0.332 e. The molecule has 0 bridgehead atoms. The average molecular weight is 248 g/mol. The van der Waals surface area contributed by atoms with Gasteiger partial charge in [-0.2, -0.15) is 0 Å². The van der Waals surface area contributed by atoms with E-state index in [0.29, 0.717) is 0 Å². The maximum atomic E-state index is 12.3. The Balaban J connectivity index is 3.06. The van der Waals surface area contributed by atoms with Crippen molar-refractivity contribution in [1.29, 1.82) is 0 Å². The lowest BCUT2D eigenvalue weighted by atomic mass is 10.0. The number of rotatable bonds is 5. The van der Waals surface area contributed by atoms with E-state index in [0.717, 1.165) is 6.42 Å². The third-order valence-corrected chi connectivity index (χ3v) is 3.11. The number of amides is 1. The molecule has 2 atom stereocenters. The van der Waals surface area contributed by atoms with Crippen molar-refractivity contribution < 1.29 is 4.79 Å². The Morgan fingerprint density at radius 2 is 1.78 bits per heavy atom. The Hall–Kier alpha value is -1.35. The lowest BCUT2D eigenvalue weighted by Gasteiger charge is -2.36. The van der Waals surface area contributed by atoms with Gasteiger partial charge >= 0.3 is 0 Å². The van der Waals surface area contributed by atoms with Gasteiger partial charge in [-0.05, 0) is 32.8 Å². The summed E-state index contributed by atoms with van der Waals surface area (Å²) in [5.41, 5.74) is 6.92. The number of hydrogen-bond acceptors (Lipinski definition) is 2. The summed E-state index contributed by atoms with van der Waals surface area (Å²) < 4.78 is 0. The van der Waals surface area contributed by atoms with E-state index in [2.05, 4.69) is 19.1 Å². The molecule has 2 unspecified atom stereocenters. The summed E-state index contributed by atoms with van der Waals surface area (Å²) in [7, 11) is 0. The zero-order valence-corrected chi connectivity index (χ0v) is 11.8. The molecule has 1 aromatic rings. The van der Waals surface area contributed by atoms with Gasteiger partial charge in [-0.3, -0.25) is 4.79 Å². The van der Waals surface area contributed by atoms with Crippen LogP contribution in [0.3, 0.4) is 0 Å². The zero-order valence-electron chi connectivity index (χ0n) is 11.8. The lowest BCUT2D eigenvalue weighted by molar-refractivity contribution is -0.136. The Morgan fingerprint density at radius 1 is 1.22 bits per heavy atom. The van der Waals surface area contributed by atoms with Crippen molar-refractivity contribution in [3.8, 4) is 0 Å². The van der Waals surface area contributed by atoms with Crippen LogP contribution in [-0.2, 0) is 4.79 Å². The van der Waals surface area contributed by atoms with Crippen LogP contribution in [0.1, 0.15) is 45.7 Å². The van der Waals surface area contributed by atoms with Crippen molar-refractivity contribution in [3.05, 3.63) is 35.9 Å². The molecule has 3 nitrogen and oxygen atoms in total. The van der Waals surface area contributed by atoms with Crippen LogP contribution in [-0.4, -0.2) is 22.9 Å². The molecule has 0 saturated carbocycles. The van der Waals surface area contributed by atoms with Crippen LogP contribution in [0.4, 0.5) is 0 Å². The molecule has 1 amide bonds. The van der Waals surface area contributed by atoms with Gasteiger partial charge in [0.15, 0.2) is 0 Å². The Labute approximate surface area is 110 Å². The molecule has 0 aliphatic carbocycles. The molecule has 0 aliphatic rings. The van der Waals surface area contributed by atoms with Crippen LogP contribution in [0.25, 0.3) is 0 Å². The van der Waals surface area contributed by atoms with Crippen molar-refractivity contribution in [2.75, 3.05) is 0 Å². The Morgan fingerprint density at radius 3 is 2.17 bits per heavy atom. The van der Waals surface area contributed by atoms with Crippen LogP contribution in [0.2, 0.25) is 0 Å². The first-order valence-corrected chi connectivity index (χ1v) is 6.61. The average Bonchev–Trinajstić information content (AvgIpc) is 2.35. The molecule has 1 rings (SSSR count). The molecular weight excluding hydrogens is 224 g/mol. The number of carbonyl (C=O) groups is 1. The SMILES string of the molecule is CCC(c1ccccc1)N(C(=O)C(C)N)C(C)C. The highest BCUT2D eigenvalue weighted by Gasteiger charge is 2.27. The van der Waals surface area contributed by atoms with Gasteiger partial charge in [-0.25, -0.2) is 0 Å². The maximum Gasteiger partial charge on any atom is 0.239 e. The molecule has 100 valence electrons. The maximum absolute atomic E-state index is 12.3. The summed E-state index contributed by atoms with van der Waals surface area (Å²) >= 11 is 0. The van der Waals surface area contributed by atoms with Crippen molar-refractivity contribution >= 4 is 5.91 Å². The number of nitrogens with two attached hydrogens (primary N) is 1. The van der Waals surface area contributed by atoms with Crippen LogP contribution in [0.15, 0.2) is 30.3 Å². The van der Waals surface area contributed by atoms with Crippen molar-refractivity contribution in [2.45, 2.75) is 52.2 Å². The topological polar surface area (TPSA) is 46.3 Å². The highest BCUT2D eigenvalue weighted by atomic mass is 16.2. The molecule has 0 saturated heterocycles. The van der Waals surface area contributed by atoms with Gasteiger partial charge in [0.25, 0.3) is 0 Å². The summed E-state index contributed by atoms with van der Waals surface area (Å²) in [5, 5.41) is 0. The van der Waals surface area contributed by atoms with Crippen LogP contribution in [0.5, 0.6) is 0 Å². The monoisotopic (exact) mass is 248 g/mol. The summed E-state index contributed by atoms with van der Waals surface area (Å²) in [4.78, 5) is 14.2. The molecule has 18 heavy (non-hydrogen) atoms. The molecule has 0 aromatic heterocycles. The number of benzene rings is 1. The first kappa shape index (κ1) is 14.7. The second kappa shape index (κ2) is 6.55. The first-order chi connectivity index (χ1) is 8.49. The fourth-order valence-corrected chi connectivity index (χ4v) is 2.27. The predicted octanol–water partition coefficient (Wildman–Crippen LogP) is 2.72. The van der Waals surface area contributed by atoms with E-state index in [1.54, 1.807) is 6.92 Å². The molecule has 3 heteroatoms. The fraction of sp³-hybridized carbons (Fsp3) is 0.533. The fourth-order valence-electron chi connectivity index (χ4n) is 2.27. The van der Waals surface area contributed by atoms with E-state index in [9.17, 15) is 4.79 Å². The highest BCUT2D eigenvalue weighted by Crippen LogP contribution is 2.26. The molecule has 1 aromatic carbocycles. The van der Waals surface area contributed by atoms with Crippen LogP contribution >= 0.6 is 0 Å². The summed E-state index contributed by atoms with van der Waals surface area (Å²) in [5.74, 6) is 0.0145. The standard InChI is InChI=1S/C15H24N2O/c1-5-14(13-9-7-6-8-10-13)17(11(2)3)15(18)12(4)16/h6-12,14H,5,16H2,1-4H3. The predicted molar refractivity (Wildman–Crippen MR) is 75.1 cm³/mol. The second-order valence-electron chi connectivity index (χ2n) is 4.96. The van der Waals surface area contributed by atoms with E-state index in [1.807, 2.05) is 36.9 Å². The zero-order chi connectivity index (χ0) is 13.7. The number of hydrogen-bond donors (Lipinski definition) is 1. The van der Waals surface area contributed by atoms with Crippen molar-refractivity contribution in [2.24, 2.45) is 5.73 Å². The number of nitrogens with zero attached hydrogens (tertiary/aromatic N) is 1. The minimum atomic E-state index is -0.454.